The zero-order valence-corrected chi connectivity index (χ0v) is 15.6. The van der Waals surface area contributed by atoms with Crippen molar-refractivity contribution < 1.29 is 14.5 Å². The number of carbonyl (C=O) groups excluding carboxylic acids is 2. The molecule has 1 heterocycles. The Morgan fingerprint density at radius 1 is 1.38 bits per heavy atom. The lowest BCUT2D eigenvalue weighted by molar-refractivity contribution is -0.384. The molecular weight excluding hydrogens is 360 g/mol. The maximum Gasteiger partial charge on any atom is 0.271 e. The predicted molar refractivity (Wildman–Crippen MR) is 99.2 cm³/mol. The van der Waals surface area contributed by atoms with Crippen molar-refractivity contribution >= 4 is 34.8 Å². The maximum absolute atomic E-state index is 12.5. The predicted octanol–water partition coefficient (Wildman–Crippen LogP) is 2.42. The molecule has 1 atom stereocenters. The number of amides is 2. The number of halogens is 1. The Kier molecular flexibility index (Phi) is 6.93. The van der Waals surface area contributed by atoms with Crippen LogP contribution in [0.3, 0.4) is 0 Å². The van der Waals surface area contributed by atoms with Crippen LogP contribution in [0, 0.1) is 16.0 Å². The lowest BCUT2D eigenvalue weighted by Crippen LogP contribution is -2.47. The summed E-state index contributed by atoms with van der Waals surface area (Å²) in [7, 11) is 0. The van der Waals surface area contributed by atoms with Crippen molar-refractivity contribution in [3.05, 3.63) is 33.3 Å². The molecule has 2 rings (SSSR count). The second-order valence-electron chi connectivity index (χ2n) is 6.50. The summed E-state index contributed by atoms with van der Waals surface area (Å²) in [4.78, 5) is 35.9. The second-order valence-corrected chi connectivity index (χ2v) is 6.91. The van der Waals surface area contributed by atoms with E-state index in [1.54, 1.807) is 6.92 Å². The van der Waals surface area contributed by atoms with Crippen LogP contribution in [0.1, 0.15) is 26.7 Å². The average molecular weight is 383 g/mol. The van der Waals surface area contributed by atoms with Crippen LogP contribution < -0.4 is 10.6 Å². The molecule has 1 aromatic carbocycles. The van der Waals surface area contributed by atoms with Crippen molar-refractivity contribution in [3.8, 4) is 0 Å². The molecule has 0 spiro atoms. The average Bonchev–Trinajstić information content (AvgIpc) is 2.61. The first-order valence-corrected chi connectivity index (χ1v) is 8.89. The highest BCUT2D eigenvalue weighted by molar-refractivity contribution is 6.33. The van der Waals surface area contributed by atoms with Crippen LogP contribution in [0.2, 0.25) is 5.02 Å². The maximum atomic E-state index is 12.5. The highest BCUT2D eigenvalue weighted by Crippen LogP contribution is 2.27. The molecule has 142 valence electrons. The van der Waals surface area contributed by atoms with Crippen molar-refractivity contribution in [1.82, 2.24) is 10.2 Å². The molecule has 9 heteroatoms. The number of likely N-dealkylation sites (tertiary alicyclic amines) is 1. The van der Waals surface area contributed by atoms with Crippen LogP contribution in [-0.2, 0) is 9.59 Å². The van der Waals surface area contributed by atoms with Gasteiger partial charge >= 0.3 is 0 Å². The Balaban J connectivity index is 1.91. The minimum absolute atomic E-state index is 0.0333. The molecular formula is C17H23ClN4O4. The summed E-state index contributed by atoms with van der Waals surface area (Å²) in [6.45, 7) is 5.46. The largest absolute Gasteiger partial charge is 0.356 e. The van der Waals surface area contributed by atoms with Crippen molar-refractivity contribution in [3.63, 3.8) is 0 Å². The first-order valence-electron chi connectivity index (χ1n) is 8.51. The molecule has 0 saturated carbocycles. The number of rotatable bonds is 6. The van der Waals surface area contributed by atoms with Crippen molar-refractivity contribution in [2.24, 2.45) is 5.92 Å². The molecule has 0 bridgehead atoms. The Bertz CT molecular complexity index is 689. The van der Waals surface area contributed by atoms with Gasteiger partial charge in [0, 0.05) is 25.6 Å². The Morgan fingerprint density at radius 2 is 2.04 bits per heavy atom. The summed E-state index contributed by atoms with van der Waals surface area (Å²) in [5.74, 6) is 0.123. The first-order chi connectivity index (χ1) is 12.3. The molecule has 2 N–H and O–H groups in total. The van der Waals surface area contributed by atoms with Gasteiger partial charge in [-0.25, -0.2) is 0 Å². The van der Waals surface area contributed by atoms with Gasteiger partial charge in [0.15, 0.2) is 0 Å². The smallest absolute Gasteiger partial charge is 0.271 e. The monoisotopic (exact) mass is 382 g/mol. The van der Waals surface area contributed by atoms with Crippen LogP contribution in [0.15, 0.2) is 18.2 Å². The van der Waals surface area contributed by atoms with E-state index in [1.165, 1.54) is 25.1 Å². The van der Waals surface area contributed by atoms with Gasteiger partial charge in [-0.05, 0) is 44.8 Å². The van der Waals surface area contributed by atoms with Gasteiger partial charge in [-0.2, -0.15) is 0 Å². The number of hydrogen-bond acceptors (Lipinski definition) is 5. The summed E-state index contributed by atoms with van der Waals surface area (Å²) >= 11 is 6.03. The number of nitrogens with one attached hydrogen (secondary N) is 2. The molecule has 2 amide bonds. The minimum Gasteiger partial charge on any atom is -0.356 e. The highest BCUT2D eigenvalue weighted by Gasteiger charge is 2.27. The van der Waals surface area contributed by atoms with Gasteiger partial charge < -0.3 is 10.6 Å². The third-order valence-corrected chi connectivity index (χ3v) is 4.96. The summed E-state index contributed by atoms with van der Waals surface area (Å²) in [6, 6.07) is 3.56. The lowest BCUT2D eigenvalue weighted by atomic mass is 9.95. The fraction of sp³-hybridized carbons (Fsp3) is 0.529. The zero-order valence-electron chi connectivity index (χ0n) is 14.8. The third-order valence-electron chi connectivity index (χ3n) is 4.63. The first kappa shape index (κ1) is 20.1. The molecule has 0 aliphatic carbocycles. The molecule has 8 nitrogen and oxygen atoms in total. The van der Waals surface area contributed by atoms with Crippen molar-refractivity contribution in [1.29, 1.82) is 0 Å². The Hall–Kier alpha value is -2.19. The van der Waals surface area contributed by atoms with Crippen LogP contribution in [0.5, 0.6) is 0 Å². The molecule has 1 aliphatic heterocycles. The standard InChI is InChI=1S/C17H23ClN4O4/c1-11(21-7-5-13(6-8-21)10-19-12(2)23)17(24)20-16-9-14(22(25)26)3-4-15(16)18/h3-4,9,11,13H,5-8,10H2,1-2H3,(H,19,23)(H,20,24). The van der Waals surface area contributed by atoms with E-state index in [0.29, 0.717) is 12.5 Å². The van der Waals surface area contributed by atoms with Gasteiger partial charge in [-0.15, -0.1) is 0 Å². The third kappa shape index (κ3) is 5.40. The number of nitro groups is 1. The topological polar surface area (TPSA) is 105 Å². The minimum atomic E-state index is -0.532. The summed E-state index contributed by atoms with van der Waals surface area (Å²) in [6.07, 6.45) is 1.80. The van der Waals surface area contributed by atoms with Crippen molar-refractivity contribution in [2.75, 3.05) is 25.0 Å². The Morgan fingerprint density at radius 3 is 2.62 bits per heavy atom. The zero-order chi connectivity index (χ0) is 19.3. The van der Waals surface area contributed by atoms with Crippen molar-refractivity contribution in [2.45, 2.75) is 32.7 Å². The molecule has 1 aliphatic rings. The number of hydrogen-bond donors (Lipinski definition) is 2. The van der Waals surface area contributed by atoms with E-state index in [4.69, 9.17) is 11.6 Å². The number of anilines is 1. The molecule has 1 unspecified atom stereocenters. The van der Waals surface area contributed by atoms with Crippen LogP contribution in [-0.4, -0.2) is 47.3 Å². The van der Waals surface area contributed by atoms with E-state index in [9.17, 15) is 19.7 Å². The number of carbonyl (C=O) groups is 2. The lowest BCUT2D eigenvalue weighted by Gasteiger charge is -2.35. The highest BCUT2D eigenvalue weighted by atomic mass is 35.5. The number of benzene rings is 1. The van der Waals surface area contributed by atoms with E-state index in [0.717, 1.165) is 25.9 Å². The van der Waals surface area contributed by atoms with Gasteiger partial charge in [0.2, 0.25) is 11.8 Å². The number of non-ortho nitro benzene ring substituents is 1. The number of nitrogens with zero attached hydrogens (tertiary/aromatic N) is 2. The fourth-order valence-electron chi connectivity index (χ4n) is 2.96. The van der Waals surface area contributed by atoms with Crippen LogP contribution in [0.4, 0.5) is 11.4 Å². The molecule has 1 aromatic rings. The number of nitro benzene ring substituents is 1. The van der Waals surface area contributed by atoms with Crippen LogP contribution >= 0.6 is 11.6 Å². The summed E-state index contributed by atoms with van der Waals surface area (Å²) in [5, 5.41) is 16.6. The quantitative estimate of drug-likeness (QED) is 0.580. The summed E-state index contributed by atoms with van der Waals surface area (Å²) in [5.41, 5.74) is 0.106. The van der Waals surface area contributed by atoms with Gasteiger partial charge in [-0.1, -0.05) is 11.6 Å². The molecule has 1 saturated heterocycles. The van der Waals surface area contributed by atoms with E-state index in [-0.39, 0.29) is 34.3 Å². The second kappa shape index (κ2) is 8.95. The molecule has 26 heavy (non-hydrogen) atoms. The van der Waals surface area contributed by atoms with E-state index >= 15 is 0 Å². The fourth-order valence-corrected chi connectivity index (χ4v) is 3.12. The normalized spacial score (nSPS) is 16.7. The van der Waals surface area contributed by atoms with Gasteiger partial charge in [-0.3, -0.25) is 24.6 Å². The molecule has 0 radical (unpaired) electrons. The molecule has 0 aromatic heterocycles. The SMILES string of the molecule is CC(=O)NCC1CCN(C(C)C(=O)Nc2cc([N+](=O)[O-])ccc2Cl)CC1. The van der Waals surface area contributed by atoms with E-state index in [2.05, 4.69) is 15.5 Å². The van der Waals surface area contributed by atoms with E-state index in [1.807, 2.05) is 0 Å². The Labute approximate surface area is 157 Å². The number of piperidine rings is 1. The summed E-state index contributed by atoms with van der Waals surface area (Å²) < 4.78 is 0. The molecule has 1 fully saturated rings. The van der Waals surface area contributed by atoms with Crippen LogP contribution in [0.25, 0.3) is 0 Å². The van der Waals surface area contributed by atoms with Gasteiger partial charge in [0.05, 0.1) is 21.7 Å². The van der Waals surface area contributed by atoms with Gasteiger partial charge in [0.1, 0.15) is 0 Å². The van der Waals surface area contributed by atoms with Gasteiger partial charge in [0.25, 0.3) is 5.69 Å². The van der Waals surface area contributed by atoms with E-state index < -0.39 is 4.92 Å².